The molecule has 0 radical (unpaired) electrons. The fourth-order valence-corrected chi connectivity index (χ4v) is 2.78. The molecular weight excluding hydrogens is 266 g/mol. The summed E-state index contributed by atoms with van der Waals surface area (Å²) in [7, 11) is 1.05. The number of aliphatic carboxylic acids is 2. The lowest BCUT2D eigenvalue weighted by Gasteiger charge is -2.24. The normalized spacial score (nSPS) is 14.2. The van der Waals surface area contributed by atoms with Crippen molar-refractivity contribution >= 4 is 21.7 Å². The average molecular weight is 291 g/mol. The molecule has 0 aliphatic rings. The van der Waals surface area contributed by atoms with Crippen molar-refractivity contribution in [2.75, 3.05) is 13.6 Å². The van der Waals surface area contributed by atoms with E-state index in [0.29, 0.717) is 6.54 Å². The van der Waals surface area contributed by atoms with E-state index in [1.54, 1.807) is 11.9 Å². The minimum absolute atomic E-state index is 0.106. The molecule has 0 saturated carbocycles. The maximum Gasteiger partial charge on any atom is 0.321 e. The Morgan fingerprint density at radius 3 is 2.32 bits per heavy atom. The number of carbonyl (C=O) groups is 2. The van der Waals surface area contributed by atoms with Crippen molar-refractivity contribution in [1.82, 2.24) is 4.90 Å². The number of hydrogen-bond acceptors (Lipinski definition) is 4. The highest BCUT2D eigenvalue weighted by molar-refractivity contribution is 6.27. The Kier molecular flexibility index (Phi) is 7.89. The van der Waals surface area contributed by atoms with Gasteiger partial charge < -0.3 is 14.6 Å². The van der Waals surface area contributed by atoms with Crippen molar-refractivity contribution in [3.8, 4) is 0 Å². The minimum atomic E-state index is -1.09. The summed E-state index contributed by atoms with van der Waals surface area (Å²) in [6.07, 6.45) is 0.462. The topological polar surface area (TPSA) is 87.1 Å². The maximum atomic E-state index is 11.0. The predicted octanol–water partition coefficient (Wildman–Crippen LogP) is 0.553. The molecular formula is C12H25NO5Si. The van der Waals surface area contributed by atoms with Crippen LogP contribution in [0.1, 0.15) is 33.6 Å². The van der Waals surface area contributed by atoms with Gasteiger partial charge in [0.2, 0.25) is 0 Å². The molecule has 0 rings (SSSR count). The Balaban J connectivity index is 3.97. The van der Waals surface area contributed by atoms with Crippen molar-refractivity contribution in [2.45, 2.75) is 51.3 Å². The molecule has 0 fully saturated rings. The Labute approximate surface area is 116 Å². The molecule has 0 amide bonds. The van der Waals surface area contributed by atoms with E-state index < -0.39 is 27.7 Å². The first kappa shape index (κ1) is 18.1. The molecule has 1 atom stereocenters. The third-order valence-corrected chi connectivity index (χ3v) is 4.48. The summed E-state index contributed by atoms with van der Waals surface area (Å²) in [6, 6.07) is 0.00351. The highest BCUT2D eigenvalue weighted by atomic mass is 28.2. The molecule has 2 N–H and O–H groups in total. The smallest absolute Gasteiger partial charge is 0.321 e. The van der Waals surface area contributed by atoms with Crippen LogP contribution in [-0.4, -0.2) is 62.1 Å². The van der Waals surface area contributed by atoms with Crippen molar-refractivity contribution in [1.29, 1.82) is 0 Å². The summed E-state index contributed by atoms with van der Waals surface area (Å²) in [4.78, 5) is 23.2. The van der Waals surface area contributed by atoms with Crippen molar-refractivity contribution in [3.63, 3.8) is 0 Å². The van der Waals surface area contributed by atoms with Crippen LogP contribution in [0.2, 0.25) is 6.04 Å². The summed E-state index contributed by atoms with van der Waals surface area (Å²) >= 11 is 0. The lowest BCUT2D eigenvalue weighted by molar-refractivity contribution is -0.149. The lowest BCUT2D eigenvalue weighted by atomic mass is 10.2. The Morgan fingerprint density at radius 1 is 1.32 bits per heavy atom. The van der Waals surface area contributed by atoms with E-state index in [9.17, 15) is 9.59 Å². The van der Waals surface area contributed by atoms with Crippen LogP contribution in [0.5, 0.6) is 0 Å². The molecule has 19 heavy (non-hydrogen) atoms. The number of carboxylic acids is 2. The van der Waals surface area contributed by atoms with E-state index in [-0.39, 0.29) is 12.0 Å². The summed E-state index contributed by atoms with van der Waals surface area (Å²) in [5, 5.41) is 17.7. The van der Waals surface area contributed by atoms with Gasteiger partial charge in [0.15, 0.2) is 9.76 Å². The molecule has 0 aromatic rings. The molecule has 0 saturated heterocycles. The number of carboxylic acid groups (broad SMARTS) is 2. The van der Waals surface area contributed by atoms with E-state index in [4.69, 9.17) is 14.6 Å². The van der Waals surface area contributed by atoms with Gasteiger partial charge >= 0.3 is 11.9 Å². The van der Waals surface area contributed by atoms with Gasteiger partial charge in [-0.2, -0.15) is 0 Å². The van der Waals surface area contributed by atoms with Crippen molar-refractivity contribution in [2.24, 2.45) is 0 Å². The average Bonchev–Trinajstić information content (AvgIpc) is 2.22. The van der Waals surface area contributed by atoms with Gasteiger partial charge in [-0.3, -0.25) is 14.5 Å². The van der Waals surface area contributed by atoms with Crippen molar-refractivity contribution in [3.05, 3.63) is 0 Å². The Hall–Kier alpha value is -0.923. The first-order chi connectivity index (χ1) is 8.63. The van der Waals surface area contributed by atoms with Gasteiger partial charge in [0, 0.05) is 5.60 Å². The molecule has 0 aliphatic heterocycles. The standard InChI is InChI=1S/C12H25NO5Si/c1-12(2,3)18-19-7-5-6-13(4)9(11(16)17)8-10(14)15/h9H,5-8,19H2,1-4H3,(H,14,15)(H,16,17). The molecule has 7 heteroatoms. The quantitative estimate of drug-likeness (QED) is 0.476. The minimum Gasteiger partial charge on any atom is -0.481 e. The van der Waals surface area contributed by atoms with Crippen LogP contribution in [0.4, 0.5) is 0 Å². The van der Waals surface area contributed by atoms with Gasteiger partial charge in [0.1, 0.15) is 6.04 Å². The monoisotopic (exact) mass is 291 g/mol. The van der Waals surface area contributed by atoms with Crippen LogP contribution in [0.3, 0.4) is 0 Å². The molecule has 0 aromatic carbocycles. The zero-order chi connectivity index (χ0) is 15.1. The van der Waals surface area contributed by atoms with Crippen LogP contribution in [0.15, 0.2) is 0 Å². The SMILES string of the molecule is CN(CCC[SiH2]OC(C)(C)C)C(CC(=O)O)C(=O)O. The van der Waals surface area contributed by atoms with Gasteiger partial charge in [-0.25, -0.2) is 0 Å². The second-order valence-electron chi connectivity index (χ2n) is 5.60. The third kappa shape index (κ3) is 9.63. The third-order valence-electron chi connectivity index (χ3n) is 2.63. The van der Waals surface area contributed by atoms with Gasteiger partial charge in [0.05, 0.1) is 6.42 Å². The summed E-state index contributed by atoms with van der Waals surface area (Å²) in [5.74, 6) is -2.18. The zero-order valence-electron chi connectivity index (χ0n) is 12.2. The highest BCUT2D eigenvalue weighted by Gasteiger charge is 2.25. The van der Waals surface area contributed by atoms with Gasteiger partial charge in [0.25, 0.3) is 0 Å². The van der Waals surface area contributed by atoms with Crippen LogP contribution in [0, 0.1) is 0 Å². The van der Waals surface area contributed by atoms with E-state index in [2.05, 4.69) is 0 Å². The molecule has 0 heterocycles. The lowest BCUT2D eigenvalue weighted by Crippen LogP contribution is -2.40. The van der Waals surface area contributed by atoms with Crippen LogP contribution in [-0.2, 0) is 14.0 Å². The van der Waals surface area contributed by atoms with E-state index in [1.807, 2.05) is 20.8 Å². The Morgan fingerprint density at radius 2 is 1.89 bits per heavy atom. The van der Waals surface area contributed by atoms with Gasteiger partial charge in [-0.15, -0.1) is 0 Å². The van der Waals surface area contributed by atoms with Gasteiger partial charge in [-0.05, 0) is 46.8 Å². The number of nitrogens with zero attached hydrogens (tertiary/aromatic N) is 1. The van der Waals surface area contributed by atoms with Crippen LogP contribution < -0.4 is 0 Å². The van der Waals surface area contributed by atoms with E-state index in [1.165, 1.54) is 0 Å². The maximum absolute atomic E-state index is 11.0. The van der Waals surface area contributed by atoms with E-state index in [0.717, 1.165) is 12.5 Å². The molecule has 0 aromatic heterocycles. The zero-order valence-corrected chi connectivity index (χ0v) is 13.6. The summed E-state index contributed by atoms with van der Waals surface area (Å²) in [6.45, 7) is 6.61. The number of rotatable bonds is 9. The molecule has 0 aliphatic carbocycles. The first-order valence-corrected chi connectivity index (χ1v) is 8.00. The fraction of sp³-hybridized carbons (Fsp3) is 0.833. The van der Waals surface area contributed by atoms with Crippen molar-refractivity contribution < 1.29 is 24.2 Å². The number of hydrogen-bond donors (Lipinski definition) is 2. The largest absolute Gasteiger partial charge is 0.481 e. The molecule has 6 nitrogen and oxygen atoms in total. The Bertz CT molecular complexity index is 303. The van der Waals surface area contributed by atoms with Crippen LogP contribution in [0.25, 0.3) is 0 Å². The number of likely N-dealkylation sites (N-methyl/N-ethyl adjacent to an activating group) is 1. The predicted molar refractivity (Wildman–Crippen MR) is 75.1 cm³/mol. The molecule has 112 valence electrons. The van der Waals surface area contributed by atoms with Crippen LogP contribution >= 0.6 is 0 Å². The molecule has 0 spiro atoms. The second kappa shape index (κ2) is 8.29. The summed E-state index contributed by atoms with van der Waals surface area (Å²) < 4.78 is 5.69. The highest BCUT2D eigenvalue weighted by Crippen LogP contribution is 2.08. The summed E-state index contributed by atoms with van der Waals surface area (Å²) in [5.41, 5.74) is -0.106. The second-order valence-corrected chi connectivity index (χ2v) is 7.00. The molecule has 1 unspecified atom stereocenters. The fourth-order valence-electron chi connectivity index (χ4n) is 1.59. The molecule has 0 bridgehead atoms. The van der Waals surface area contributed by atoms with Gasteiger partial charge in [-0.1, -0.05) is 0 Å². The first-order valence-electron chi connectivity index (χ1n) is 6.42. The van der Waals surface area contributed by atoms with E-state index >= 15 is 0 Å².